The third-order valence-electron chi connectivity index (χ3n) is 4.81. The molecule has 1 aliphatic rings. The molecule has 4 rings (SSSR count). The Balaban J connectivity index is 1.45. The monoisotopic (exact) mass is 444 g/mol. The van der Waals surface area contributed by atoms with Gasteiger partial charge in [0.2, 0.25) is 11.1 Å². The molecule has 3 aromatic heterocycles. The topological polar surface area (TPSA) is 96.5 Å². The number of hydrogen-bond donors (Lipinski definition) is 1. The number of carbonyl (C=O) groups is 1. The number of hydrogen-bond acceptors (Lipinski definition) is 8. The van der Waals surface area contributed by atoms with Gasteiger partial charge in [-0.05, 0) is 60.0 Å². The number of fused-ring (bicyclic) bond motifs is 1. The van der Waals surface area contributed by atoms with Gasteiger partial charge in [-0.25, -0.2) is 4.68 Å². The number of nitriles is 1. The Morgan fingerprint density at radius 2 is 2.28 bits per heavy atom. The summed E-state index contributed by atoms with van der Waals surface area (Å²) >= 11 is 4.51. The first-order valence-corrected chi connectivity index (χ1v) is 12.0. The summed E-state index contributed by atoms with van der Waals surface area (Å²) in [5.74, 6) is -0.145. The van der Waals surface area contributed by atoms with E-state index in [2.05, 4.69) is 26.9 Å². The van der Waals surface area contributed by atoms with E-state index in [0.29, 0.717) is 22.3 Å². The third-order valence-corrected chi connectivity index (χ3v) is 7.95. The largest absolute Gasteiger partial charge is 0.316 e. The van der Waals surface area contributed by atoms with Gasteiger partial charge in [-0.3, -0.25) is 4.79 Å². The molecule has 0 fully saturated rings. The summed E-state index contributed by atoms with van der Waals surface area (Å²) in [7, 11) is 0. The molecule has 150 valence electrons. The maximum absolute atomic E-state index is 12.8. The van der Waals surface area contributed by atoms with Crippen LogP contribution in [0.5, 0.6) is 0 Å². The van der Waals surface area contributed by atoms with E-state index < -0.39 is 5.25 Å². The number of nitrogens with one attached hydrogen (secondary N) is 1. The van der Waals surface area contributed by atoms with Crippen LogP contribution >= 0.6 is 34.4 Å². The van der Waals surface area contributed by atoms with Crippen molar-refractivity contribution in [2.24, 2.45) is 0 Å². The first kappa shape index (κ1) is 20.1. The van der Waals surface area contributed by atoms with Gasteiger partial charge in [-0.15, -0.1) is 27.8 Å². The Kier molecular flexibility index (Phi) is 6.28. The van der Waals surface area contributed by atoms with Gasteiger partial charge in [0, 0.05) is 9.75 Å². The summed E-state index contributed by atoms with van der Waals surface area (Å²) in [6, 6.07) is 6.33. The third kappa shape index (κ3) is 4.52. The molecule has 0 spiro atoms. The Labute approximate surface area is 181 Å². The number of aryl methyl sites for hydroxylation is 1. The number of rotatable bonds is 6. The van der Waals surface area contributed by atoms with Gasteiger partial charge < -0.3 is 5.32 Å². The van der Waals surface area contributed by atoms with Crippen molar-refractivity contribution < 1.29 is 4.79 Å². The molecule has 1 aliphatic carbocycles. The number of tetrazole rings is 1. The van der Waals surface area contributed by atoms with E-state index in [-0.39, 0.29) is 5.91 Å². The van der Waals surface area contributed by atoms with Crippen LogP contribution in [0.15, 0.2) is 22.7 Å². The highest BCUT2D eigenvalue weighted by Crippen LogP contribution is 2.37. The lowest BCUT2D eigenvalue weighted by Gasteiger charge is -2.11. The molecule has 1 amide bonds. The zero-order valence-corrected chi connectivity index (χ0v) is 18.4. The predicted octanol–water partition coefficient (Wildman–Crippen LogP) is 4.10. The highest BCUT2D eigenvalue weighted by Gasteiger charge is 2.24. The zero-order valence-electron chi connectivity index (χ0n) is 15.9. The molecule has 3 heterocycles. The summed E-state index contributed by atoms with van der Waals surface area (Å²) < 4.78 is 1.70. The molecule has 0 saturated carbocycles. The van der Waals surface area contributed by atoms with Gasteiger partial charge in [0.05, 0.1) is 17.4 Å². The zero-order chi connectivity index (χ0) is 20.2. The van der Waals surface area contributed by atoms with Crippen LogP contribution in [0.2, 0.25) is 0 Å². The van der Waals surface area contributed by atoms with Crippen molar-refractivity contribution in [3.63, 3.8) is 0 Å². The second kappa shape index (κ2) is 9.07. The average molecular weight is 445 g/mol. The molecule has 7 nitrogen and oxygen atoms in total. The van der Waals surface area contributed by atoms with E-state index in [0.717, 1.165) is 36.1 Å². The fourth-order valence-corrected chi connectivity index (χ4v) is 6.02. The summed E-state index contributed by atoms with van der Waals surface area (Å²) in [4.78, 5) is 15.2. The number of carbonyl (C=O) groups excluding carboxylic acids is 1. The van der Waals surface area contributed by atoms with Crippen molar-refractivity contribution in [1.82, 2.24) is 20.2 Å². The number of thiophene rings is 2. The standard InChI is InChI=1S/C19H20N6OS3/c1-12(28-19-22-23-24-25(19)11-13-6-5-9-27-13)17(26)21-18-15(10-20)14-7-3-2-4-8-16(14)29-18/h5-6,9,12H,2-4,7-8,11H2,1H3,(H,21,26). The second-order valence-corrected chi connectivity index (χ2v) is 10.3. The quantitative estimate of drug-likeness (QED) is 0.454. The number of nitrogens with zero attached hydrogens (tertiary/aromatic N) is 5. The van der Waals surface area contributed by atoms with Crippen LogP contribution < -0.4 is 5.32 Å². The van der Waals surface area contributed by atoms with Gasteiger partial charge in [-0.1, -0.05) is 24.2 Å². The normalized spacial score (nSPS) is 14.6. The molecular formula is C19H20N6OS3. The molecule has 0 aliphatic heterocycles. The maximum Gasteiger partial charge on any atom is 0.238 e. The molecule has 10 heteroatoms. The number of aromatic nitrogens is 4. The van der Waals surface area contributed by atoms with E-state index in [9.17, 15) is 10.1 Å². The lowest BCUT2D eigenvalue weighted by Crippen LogP contribution is -2.23. The molecule has 3 aromatic rings. The molecule has 1 atom stereocenters. The van der Waals surface area contributed by atoms with Crippen molar-refractivity contribution in [2.75, 3.05) is 5.32 Å². The first-order chi connectivity index (χ1) is 14.2. The fraction of sp³-hybridized carbons (Fsp3) is 0.421. The van der Waals surface area contributed by atoms with Gasteiger partial charge in [-0.2, -0.15) is 5.26 Å². The van der Waals surface area contributed by atoms with Gasteiger partial charge >= 0.3 is 0 Å². The minimum atomic E-state index is -0.392. The molecule has 1 N–H and O–H groups in total. The lowest BCUT2D eigenvalue weighted by molar-refractivity contribution is -0.115. The summed E-state index contributed by atoms with van der Waals surface area (Å²) in [5.41, 5.74) is 1.77. The molecule has 0 aromatic carbocycles. The van der Waals surface area contributed by atoms with Gasteiger partial charge in [0.15, 0.2) is 0 Å². The summed E-state index contributed by atoms with van der Waals surface area (Å²) in [6.07, 6.45) is 5.36. The van der Waals surface area contributed by atoms with E-state index in [1.165, 1.54) is 23.1 Å². The SMILES string of the molecule is CC(Sc1nnnn1Cc1cccs1)C(=O)Nc1sc2c(c1C#N)CCCCC2. The number of amides is 1. The predicted molar refractivity (Wildman–Crippen MR) is 115 cm³/mol. The van der Waals surface area contributed by atoms with Crippen molar-refractivity contribution in [3.8, 4) is 6.07 Å². The van der Waals surface area contributed by atoms with Crippen LogP contribution in [-0.2, 0) is 24.2 Å². The van der Waals surface area contributed by atoms with Crippen molar-refractivity contribution >= 4 is 45.3 Å². The molecule has 0 radical (unpaired) electrons. The van der Waals surface area contributed by atoms with Gasteiger partial charge in [0.25, 0.3) is 0 Å². The van der Waals surface area contributed by atoms with Crippen molar-refractivity contribution in [2.45, 2.75) is 56.0 Å². The Morgan fingerprint density at radius 3 is 3.07 bits per heavy atom. The van der Waals surface area contributed by atoms with E-state index in [1.807, 2.05) is 24.4 Å². The van der Waals surface area contributed by atoms with Crippen molar-refractivity contribution in [3.05, 3.63) is 38.4 Å². The Hall–Kier alpha value is -2.22. The Bertz CT molecular complexity index is 1030. The van der Waals surface area contributed by atoms with E-state index in [1.54, 1.807) is 27.4 Å². The van der Waals surface area contributed by atoms with Crippen molar-refractivity contribution in [1.29, 1.82) is 5.26 Å². The molecule has 0 saturated heterocycles. The maximum atomic E-state index is 12.8. The highest BCUT2D eigenvalue weighted by atomic mass is 32.2. The van der Waals surface area contributed by atoms with E-state index >= 15 is 0 Å². The second-order valence-electron chi connectivity index (χ2n) is 6.83. The van der Waals surface area contributed by atoms with Crippen LogP contribution in [-0.4, -0.2) is 31.4 Å². The summed E-state index contributed by atoms with van der Waals surface area (Å²) in [6.45, 7) is 2.41. The first-order valence-electron chi connectivity index (χ1n) is 9.46. The average Bonchev–Trinajstić information content (AvgIpc) is 3.41. The highest BCUT2D eigenvalue weighted by molar-refractivity contribution is 8.00. The molecule has 29 heavy (non-hydrogen) atoms. The molecule has 0 bridgehead atoms. The lowest BCUT2D eigenvalue weighted by atomic mass is 10.1. The van der Waals surface area contributed by atoms with Crippen LogP contribution in [0.1, 0.15) is 47.1 Å². The molecular weight excluding hydrogens is 424 g/mol. The van der Waals surface area contributed by atoms with Gasteiger partial charge in [0.1, 0.15) is 11.1 Å². The minimum Gasteiger partial charge on any atom is -0.316 e. The van der Waals surface area contributed by atoms with Crippen LogP contribution in [0.4, 0.5) is 5.00 Å². The minimum absolute atomic E-state index is 0.145. The van der Waals surface area contributed by atoms with Crippen LogP contribution in [0.25, 0.3) is 0 Å². The fourth-order valence-electron chi connectivity index (χ4n) is 3.30. The number of anilines is 1. The van der Waals surface area contributed by atoms with Crippen LogP contribution in [0.3, 0.4) is 0 Å². The Morgan fingerprint density at radius 1 is 1.41 bits per heavy atom. The van der Waals surface area contributed by atoms with Crippen LogP contribution in [0, 0.1) is 11.3 Å². The van der Waals surface area contributed by atoms with E-state index in [4.69, 9.17) is 0 Å². The smallest absolute Gasteiger partial charge is 0.238 e. The number of thioether (sulfide) groups is 1. The molecule has 1 unspecified atom stereocenters. The summed E-state index contributed by atoms with van der Waals surface area (Å²) in [5, 5.41) is 27.4.